The number of rotatable bonds is 5. The molecule has 0 unspecified atom stereocenters. The SMILES string of the molecule is Nc1ncc(CN2CCC(C(=O)N3CCC(Cc4ccccn4)CC3)CC2)cn1. The molecule has 1 amide bonds. The van der Waals surface area contributed by atoms with Gasteiger partial charge in [0.05, 0.1) is 0 Å². The predicted molar refractivity (Wildman–Crippen MR) is 112 cm³/mol. The Kier molecular flexibility index (Phi) is 6.34. The van der Waals surface area contributed by atoms with E-state index < -0.39 is 0 Å². The zero-order valence-electron chi connectivity index (χ0n) is 16.9. The van der Waals surface area contributed by atoms with Gasteiger partial charge in [0, 0.05) is 55.4 Å². The molecule has 7 nitrogen and oxygen atoms in total. The van der Waals surface area contributed by atoms with Gasteiger partial charge in [0.1, 0.15) is 0 Å². The van der Waals surface area contributed by atoms with Gasteiger partial charge < -0.3 is 10.6 Å². The van der Waals surface area contributed by atoms with Crippen LogP contribution in [-0.2, 0) is 17.8 Å². The van der Waals surface area contributed by atoms with Crippen LogP contribution < -0.4 is 5.73 Å². The Hall–Kier alpha value is -2.54. The average molecular weight is 395 g/mol. The average Bonchev–Trinajstić information content (AvgIpc) is 2.77. The molecule has 0 atom stereocenters. The van der Waals surface area contributed by atoms with Crippen LogP contribution in [0.2, 0.25) is 0 Å². The van der Waals surface area contributed by atoms with Crippen molar-refractivity contribution in [2.45, 2.75) is 38.6 Å². The van der Waals surface area contributed by atoms with Crippen LogP contribution in [0.4, 0.5) is 5.95 Å². The van der Waals surface area contributed by atoms with E-state index in [0.717, 1.165) is 76.1 Å². The summed E-state index contributed by atoms with van der Waals surface area (Å²) >= 11 is 0. The van der Waals surface area contributed by atoms with Gasteiger partial charge in [0.2, 0.25) is 11.9 Å². The number of piperidine rings is 2. The maximum Gasteiger partial charge on any atom is 0.225 e. The molecule has 2 N–H and O–H groups in total. The Morgan fingerprint density at radius 1 is 1.00 bits per heavy atom. The van der Waals surface area contributed by atoms with E-state index in [1.165, 1.54) is 0 Å². The second kappa shape index (κ2) is 9.31. The van der Waals surface area contributed by atoms with E-state index in [4.69, 9.17) is 5.73 Å². The molecule has 0 aliphatic carbocycles. The first kappa shape index (κ1) is 19.8. The van der Waals surface area contributed by atoms with Gasteiger partial charge in [0.15, 0.2) is 0 Å². The Morgan fingerprint density at radius 3 is 2.38 bits per heavy atom. The van der Waals surface area contributed by atoms with Crippen LogP contribution >= 0.6 is 0 Å². The van der Waals surface area contributed by atoms with Gasteiger partial charge >= 0.3 is 0 Å². The fourth-order valence-corrected chi connectivity index (χ4v) is 4.47. The van der Waals surface area contributed by atoms with Crippen molar-refractivity contribution in [2.24, 2.45) is 11.8 Å². The summed E-state index contributed by atoms with van der Waals surface area (Å²) in [6, 6.07) is 6.11. The molecule has 4 rings (SSSR count). The number of nitrogen functional groups attached to an aromatic ring is 1. The molecular formula is C22H30N6O. The second-order valence-corrected chi connectivity index (χ2v) is 8.29. The Bertz CT molecular complexity index is 781. The lowest BCUT2D eigenvalue weighted by Crippen LogP contribution is -2.45. The summed E-state index contributed by atoms with van der Waals surface area (Å²) < 4.78 is 0. The highest BCUT2D eigenvalue weighted by Crippen LogP contribution is 2.26. The highest BCUT2D eigenvalue weighted by atomic mass is 16.2. The van der Waals surface area contributed by atoms with Crippen LogP contribution in [0.15, 0.2) is 36.8 Å². The van der Waals surface area contributed by atoms with Crippen molar-refractivity contribution in [2.75, 3.05) is 31.9 Å². The van der Waals surface area contributed by atoms with Crippen LogP contribution in [-0.4, -0.2) is 56.8 Å². The van der Waals surface area contributed by atoms with Crippen LogP contribution in [0.25, 0.3) is 0 Å². The number of pyridine rings is 1. The minimum Gasteiger partial charge on any atom is -0.368 e. The molecule has 0 aromatic carbocycles. The third-order valence-electron chi connectivity index (χ3n) is 6.22. The van der Waals surface area contributed by atoms with Gasteiger partial charge in [-0.3, -0.25) is 14.7 Å². The molecule has 0 radical (unpaired) electrons. The summed E-state index contributed by atoms with van der Waals surface area (Å²) in [5, 5.41) is 0. The second-order valence-electron chi connectivity index (χ2n) is 8.29. The first-order valence-electron chi connectivity index (χ1n) is 10.6. The number of aromatic nitrogens is 3. The van der Waals surface area contributed by atoms with Crippen LogP contribution in [0, 0.1) is 11.8 Å². The van der Waals surface area contributed by atoms with Gasteiger partial charge in [-0.2, -0.15) is 0 Å². The Morgan fingerprint density at radius 2 is 1.72 bits per heavy atom. The summed E-state index contributed by atoms with van der Waals surface area (Å²) in [6.45, 7) is 4.48. The zero-order valence-corrected chi connectivity index (χ0v) is 16.9. The largest absolute Gasteiger partial charge is 0.368 e. The highest BCUT2D eigenvalue weighted by Gasteiger charge is 2.31. The van der Waals surface area contributed by atoms with E-state index in [-0.39, 0.29) is 5.92 Å². The van der Waals surface area contributed by atoms with E-state index in [1.807, 2.05) is 18.3 Å². The Balaban J connectivity index is 1.20. The molecule has 0 spiro atoms. The summed E-state index contributed by atoms with van der Waals surface area (Å²) in [5.41, 5.74) is 7.78. The maximum atomic E-state index is 13.0. The summed E-state index contributed by atoms with van der Waals surface area (Å²) in [4.78, 5) is 30.0. The molecule has 0 bridgehead atoms. The fourth-order valence-electron chi connectivity index (χ4n) is 4.47. The van der Waals surface area contributed by atoms with Crippen LogP contribution in [0.1, 0.15) is 36.9 Å². The monoisotopic (exact) mass is 394 g/mol. The molecular weight excluding hydrogens is 364 g/mol. The molecule has 2 aliphatic rings. The quantitative estimate of drug-likeness (QED) is 0.836. The molecule has 2 aromatic rings. The van der Waals surface area contributed by atoms with Gasteiger partial charge in [0.25, 0.3) is 0 Å². The fraction of sp³-hybridized carbons (Fsp3) is 0.545. The van der Waals surface area contributed by atoms with E-state index >= 15 is 0 Å². The van der Waals surface area contributed by atoms with Gasteiger partial charge in [-0.15, -0.1) is 0 Å². The first-order valence-corrected chi connectivity index (χ1v) is 10.6. The third kappa shape index (κ3) is 5.29. The molecule has 2 saturated heterocycles. The number of amides is 1. The minimum absolute atomic E-state index is 0.168. The van der Waals surface area contributed by atoms with Crippen molar-refractivity contribution in [3.63, 3.8) is 0 Å². The summed E-state index contributed by atoms with van der Waals surface area (Å²) in [5.74, 6) is 1.47. The van der Waals surface area contributed by atoms with Crippen molar-refractivity contribution >= 4 is 11.9 Å². The molecule has 154 valence electrons. The topological polar surface area (TPSA) is 88.2 Å². The van der Waals surface area contributed by atoms with Gasteiger partial charge in [-0.1, -0.05) is 6.07 Å². The minimum atomic E-state index is 0.168. The number of carbonyl (C=O) groups excluding carboxylic acids is 1. The lowest BCUT2D eigenvalue weighted by atomic mass is 9.89. The maximum absolute atomic E-state index is 13.0. The molecule has 4 heterocycles. The number of hydrogen-bond donors (Lipinski definition) is 1. The third-order valence-corrected chi connectivity index (χ3v) is 6.22. The van der Waals surface area contributed by atoms with Crippen LogP contribution in [0.5, 0.6) is 0 Å². The van der Waals surface area contributed by atoms with E-state index in [9.17, 15) is 4.79 Å². The number of nitrogens with two attached hydrogens (primary N) is 1. The lowest BCUT2D eigenvalue weighted by molar-refractivity contribution is -0.138. The predicted octanol–water partition coefficient (Wildman–Crippen LogP) is 2.15. The van der Waals surface area contributed by atoms with Crippen molar-refractivity contribution in [1.29, 1.82) is 0 Å². The molecule has 0 saturated carbocycles. The number of hydrogen-bond acceptors (Lipinski definition) is 6. The number of anilines is 1. The van der Waals surface area contributed by atoms with Crippen molar-refractivity contribution in [1.82, 2.24) is 24.8 Å². The lowest BCUT2D eigenvalue weighted by Gasteiger charge is -2.37. The zero-order chi connectivity index (χ0) is 20.1. The number of likely N-dealkylation sites (tertiary alicyclic amines) is 2. The van der Waals surface area contributed by atoms with Crippen LogP contribution in [0.3, 0.4) is 0 Å². The van der Waals surface area contributed by atoms with Crippen molar-refractivity contribution in [3.8, 4) is 0 Å². The summed E-state index contributed by atoms with van der Waals surface area (Å²) in [6.07, 6.45) is 10.5. The van der Waals surface area contributed by atoms with Gasteiger partial charge in [-0.25, -0.2) is 9.97 Å². The number of carbonyl (C=O) groups is 1. The summed E-state index contributed by atoms with van der Waals surface area (Å²) in [7, 11) is 0. The van der Waals surface area contributed by atoms with E-state index in [1.54, 1.807) is 12.4 Å². The van der Waals surface area contributed by atoms with Crippen molar-refractivity contribution < 1.29 is 4.79 Å². The molecule has 2 aliphatic heterocycles. The first-order chi connectivity index (χ1) is 14.2. The Labute approximate surface area is 172 Å². The van der Waals surface area contributed by atoms with E-state index in [0.29, 0.717) is 17.8 Å². The smallest absolute Gasteiger partial charge is 0.225 e. The molecule has 2 fully saturated rings. The van der Waals surface area contributed by atoms with Crippen molar-refractivity contribution in [3.05, 3.63) is 48.0 Å². The number of nitrogens with zero attached hydrogens (tertiary/aromatic N) is 5. The standard InChI is InChI=1S/C22H30N6O/c23-22-25-14-18(15-26-22)16-27-9-6-19(7-10-27)21(29)28-11-4-17(5-12-28)13-20-3-1-2-8-24-20/h1-3,8,14-15,17,19H,4-7,9-13,16H2,(H2,23,25,26). The van der Waals surface area contributed by atoms with E-state index in [2.05, 4.69) is 30.8 Å². The van der Waals surface area contributed by atoms with Gasteiger partial charge in [-0.05, 0) is 63.2 Å². The highest BCUT2D eigenvalue weighted by molar-refractivity contribution is 5.79. The molecule has 7 heteroatoms. The molecule has 29 heavy (non-hydrogen) atoms. The molecule has 2 aromatic heterocycles. The normalized spacial score (nSPS) is 19.4.